The molecule has 2 aromatic heterocycles. The molecule has 0 aliphatic rings. The van der Waals surface area contributed by atoms with Gasteiger partial charge in [0, 0.05) is 10.2 Å². The number of methoxy groups -OCH3 is 1. The summed E-state index contributed by atoms with van der Waals surface area (Å²) in [4.78, 5) is 32.2. The number of nitrogens with zero attached hydrogens (tertiary/aromatic N) is 2. The number of aromatic nitrogens is 3. The summed E-state index contributed by atoms with van der Waals surface area (Å²) in [5.74, 6) is -1.04. The number of benzene rings is 1. The van der Waals surface area contributed by atoms with E-state index in [0.29, 0.717) is 15.7 Å². The third kappa shape index (κ3) is 3.32. The van der Waals surface area contributed by atoms with Crippen LogP contribution < -0.4 is 5.56 Å². The SMILES string of the molecule is COC(=O)c1cc(C)nc2[nH]c(=S)n(Cc3ccc(F)cc3Br)c(=O)c12. The minimum absolute atomic E-state index is 0.0919. The molecule has 0 aliphatic carbocycles. The Morgan fingerprint density at radius 2 is 2.15 bits per heavy atom. The molecule has 0 spiro atoms. The second-order valence-corrected chi connectivity index (χ2v) is 6.82. The average Bonchev–Trinajstić information content (AvgIpc) is 2.58. The van der Waals surface area contributed by atoms with E-state index in [2.05, 4.69) is 25.9 Å². The first kappa shape index (κ1) is 18.4. The van der Waals surface area contributed by atoms with Gasteiger partial charge in [-0.3, -0.25) is 9.36 Å². The zero-order valence-corrected chi connectivity index (χ0v) is 16.2. The predicted octanol–water partition coefficient (Wildman–Crippen LogP) is 3.50. The lowest BCUT2D eigenvalue weighted by Crippen LogP contribution is -2.25. The van der Waals surface area contributed by atoms with Gasteiger partial charge in [0.05, 0.1) is 24.6 Å². The van der Waals surface area contributed by atoms with Crippen molar-refractivity contribution >= 4 is 45.2 Å². The summed E-state index contributed by atoms with van der Waals surface area (Å²) >= 11 is 8.55. The molecule has 0 saturated carbocycles. The van der Waals surface area contributed by atoms with Gasteiger partial charge < -0.3 is 9.72 Å². The number of carbonyl (C=O) groups excluding carboxylic acids is 1. The van der Waals surface area contributed by atoms with E-state index in [0.717, 1.165) is 0 Å². The highest BCUT2D eigenvalue weighted by atomic mass is 79.9. The maximum atomic E-state index is 13.3. The van der Waals surface area contributed by atoms with E-state index in [-0.39, 0.29) is 27.9 Å². The van der Waals surface area contributed by atoms with Gasteiger partial charge in [-0.25, -0.2) is 14.2 Å². The molecule has 0 unspecified atom stereocenters. The number of aryl methyl sites for hydroxylation is 1. The molecule has 1 N–H and O–H groups in total. The smallest absolute Gasteiger partial charge is 0.338 e. The van der Waals surface area contributed by atoms with Crippen LogP contribution in [-0.4, -0.2) is 27.6 Å². The van der Waals surface area contributed by atoms with Gasteiger partial charge in [0.15, 0.2) is 4.77 Å². The third-order valence-electron chi connectivity index (χ3n) is 3.83. The molecule has 1 aromatic carbocycles. The molecule has 0 bridgehead atoms. The second-order valence-electron chi connectivity index (χ2n) is 5.58. The molecule has 26 heavy (non-hydrogen) atoms. The van der Waals surface area contributed by atoms with Gasteiger partial charge in [-0.1, -0.05) is 22.0 Å². The van der Waals surface area contributed by atoms with Gasteiger partial charge in [-0.2, -0.15) is 0 Å². The number of H-pyrrole nitrogens is 1. The number of halogens is 2. The van der Waals surface area contributed by atoms with Gasteiger partial charge in [-0.05, 0) is 42.9 Å². The Balaban J connectivity index is 2.27. The lowest BCUT2D eigenvalue weighted by molar-refractivity contribution is 0.0602. The molecular formula is C17H13BrFN3O3S. The minimum atomic E-state index is -0.641. The summed E-state index contributed by atoms with van der Waals surface area (Å²) < 4.78 is 20.0. The average molecular weight is 438 g/mol. The third-order valence-corrected chi connectivity index (χ3v) is 4.89. The van der Waals surface area contributed by atoms with Gasteiger partial charge in [0.2, 0.25) is 0 Å². The molecule has 2 heterocycles. The molecule has 6 nitrogen and oxygen atoms in total. The number of pyridine rings is 1. The van der Waals surface area contributed by atoms with Crippen LogP contribution in [0.1, 0.15) is 21.6 Å². The zero-order chi connectivity index (χ0) is 19.0. The van der Waals surface area contributed by atoms with Crippen LogP contribution in [0.2, 0.25) is 0 Å². The first-order chi connectivity index (χ1) is 12.3. The number of carbonyl (C=O) groups is 1. The summed E-state index contributed by atoms with van der Waals surface area (Å²) in [5.41, 5.74) is 1.05. The highest BCUT2D eigenvalue weighted by molar-refractivity contribution is 9.10. The van der Waals surface area contributed by atoms with E-state index >= 15 is 0 Å². The summed E-state index contributed by atoms with van der Waals surface area (Å²) in [6.07, 6.45) is 0. The number of fused-ring (bicyclic) bond motifs is 1. The number of hydrogen-bond donors (Lipinski definition) is 1. The van der Waals surface area contributed by atoms with Crippen molar-refractivity contribution in [2.75, 3.05) is 7.11 Å². The van der Waals surface area contributed by atoms with E-state index in [1.165, 1.54) is 29.9 Å². The van der Waals surface area contributed by atoms with Crippen LogP contribution in [-0.2, 0) is 11.3 Å². The van der Waals surface area contributed by atoms with E-state index in [9.17, 15) is 14.0 Å². The minimum Gasteiger partial charge on any atom is -0.465 e. The Morgan fingerprint density at radius 1 is 1.42 bits per heavy atom. The summed E-state index contributed by atoms with van der Waals surface area (Å²) in [7, 11) is 1.24. The number of hydrogen-bond acceptors (Lipinski definition) is 5. The summed E-state index contributed by atoms with van der Waals surface area (Å²) in [6.45, 7) is 1.80. The molecule has 0 fully saturated rings. The molecule has 3 rings (SSSR count). The first-order valence-electron chi connectivity index (χ1n) is 7.48. The molecule has 0 saturated heterocycles. The lowest BCUT2D eigenvalue weighted by Gasteiger charge is -2.11. The van der Waals surface area contributed by atoms with Crippen LogP contribution >= 0.6 is 28.1 Å². The number of ether oxygens (including phenoxy) is 1. The van der Waals surface area contributed by atoms with Crippen LogP contribution in [0.5, 0.6) is 0 Å². The maximum absolute atomic E-state index is 13.3. The fourth-order valence-corrected chi connectivity index (χ4v) is 3.33. The Morgan fingerprint density at radius 3 is 2.81 bits per heavy atom. The van der Waals surface area contributed by atoms with Gasteiger partial charge in [0.25, 0.3) is 5.56 Å². The Bertz CT molecular complexity index is 1160. The highest BCUT2D eigenvalue weighted by Crippen LogP contribution is 2.20. The monoisotopic (exact) mass is 437 g/mol. The van der Waals surface area contributed by atoms with Crippen molar-refractivity contribution in [2.24, 2.45) is 0 Å². The number of nitrogens with one attached hydrogen (secondary N) is 1. The predicted molar refractivity (Wildman–Crippen MR) is 100 cm³/mol. The van der Waals surface area contributed by atoms with Crippen LogP contribution in [0, 0.1) is 17.5 Å². The van der Waals surface area contributed by atoms with E-state index in [4.69, 9.17) is 17.0 Å². The van der Waals surface area contributed by atoms with Crippen molar-refractivity contribution in [2.45, 2.75) is 13.5 Å². The van der Waals surface area contributed by atoms with Crippen molar-refractivity contribution in [1.82, 2.24) is 14.5 Å². The van der Waals surface area contributed by atoms with Gasteiger partial charge in [0.1, 0.15) is 11.5 Å². The maximum Gasteiger partial charge on any atom is 0.338 e. The van der Waals surface area contributed by atoms with Crippen molar-refractivity contribution in [3.8, 4) is 0 Å². The molecule has 0 atom stereocenters. The van der Waals surface area contributed by atoms with Crippen molar-refractivity contribution in [3.05, 3.63) is 66.5 Å². The van der Waals surface area contributed by atoms with Crippen molar-refractivity contribution in [3.63, 3.8) is 0 Å². The molecule has 134 valence electrons. The molecule has 0 aliphatic heterocycles. The number of rotatable bonds is 3. The quantitative estimate of drug-likeness (QED) is 0.501. The molecule has 0 radical (unpaired) electrons. The molecular weight excluding hydrogens is 425 g/mol. The standard InChI is InChI=1S/C17H13BrFN3O3S/c1-8-5-11(16(24)25-2)13-14(20-8)21-17(26)22(15(13)23)7-9-3-4-10(19)6-12(9)18/h3-6H,7H2,1-2H3,(H,20,21,26). The Kier molecular flexibility index (Phi) is 5.01. The number of esters is 1. The fraction of sp³-hybridized carbons (Fsp3) is 0.176. The number of aromatic amines is 1. The molecule has 9 heteroatoms. The normalized spacial score (nSPS) is 10.9. The first-order valence-corrected chi connectivity index (χ1v) is 8.68. The topological polar surface area (TPSA) is 77.0 Å². The van der Waals surface area contributed by atoms with E-state index in [1.807, 2.05) is 0 Å². The van der Waals surface area contributed by atoms with Gasteiger partial charge >= 0.3 is 5.97 Å². The zero-order valence-electron chi connectivity index (χ0n) is 13.8. The molecule has 0 amide bonds. The summed E-state index contributed by atoms with van der Waals surface area (Å²) in [6, 6.07) is 5.65. The van der Waals surface area contributed by atoms with E-state index in [1.54, 1.807) is 13.0 Å². The van der Waals surface area contributed by atoms with Crippen molar-refractivity contribution in [1.29, 1.82) is 0 Å². The molecule has 3 aromatic rings. The van der Waals surface area contributed by atoms with Crippen LogP contribution in [0.3, 0.4) is 0 Å². The van der Waals surface area contributed by atoms with Gasteiger partial charge in [-0.15, -0.1) is 0 Å². The Hall–Kier alpha value is -2.39. The summed E-state index contributed by atoms with van der Waals surface area (Å²) in [5, 5.41) is 0.0919. The Labute approximate surface area is 160 Å². The van der Waals surface area contributed by atoms with Crippen LogP contribution in [0.15, 0.2) is 33.5 Å². The lowest BCUT2D eigenvalue weighted by atomic mass is 10.1. The highest BCUT2D eigenvalue weighted by Gasteiger charge is 2.18. The van der Waals surface area contributed by atoms with Crippen molar-refractivity contribution < 1.29 is 13.9 Å². The second kappa shape index (κ2) is 7.08. The van der Waals surface area contributed by atoms with Crippen LogP contribution in [0.25, 0.3) is 11.0 Å². The van der Waals surface area contributed by atoms with Crippen LogP contribution in [0.4, 0.5) is 4.39 Å². The largest absolute Gasteiger partial charge is 0.465 e. The van der Waals surface area contributed by atoms with E-state index < -0.39 is 17.3 Å². The fourth-order valence-electron chi connectivity index (χ4n) is 2.61.